The zero-order valence-electron chi connectivity index (χ0n) is 17.4. The van der Waals surface area contributed by atoms with E-state index in [1.54, 1.807) is 23.8 Å². The SMILES string of the molecule is COc1cccc(CC(=O)N2CCNC(=O)C3CCCCC3N(C(C)=O)CC2)c1. The van der Waals surface area contributed by atoms with Crippen molar-refractivity contribution in [2.75, 3.05) is 33.3 Å². The third-order valence-electron chi connectivity index (χ3n) is 6.01. The molecule has 7 nitrogen and oxygen atoms in total. The molecule has 0 spiro atoms. The second-order valence-electron chi connectivity index (χ2n) is 7.87. The Balaban J connectivity index is 1.73. The quantitative estimate of drug-likeness (QED) is 0.835. The van der Waals surface area contributed by atoms with Crippen LogP contribution in [0.4, 0.5) is 0 Å². The average molecular weight is 402 g/mol. The van der Waals surface area contributed by atoms with Gasteiger partial charge in [0.15, 0.2) is 0 Å². The van der Waals surface area contributed by atoms with Crippen LogP contribution in [0.15, 0.2) is 24.3 Å². The molecule has 0 radical (unpaired) electrons. The molecule has 2 unspecified atom stereocenters. The molecule has 1 aliphatic heterocycles. The van der Waals surface area contributed by atoms with Crippen LogP contribution in [0.2, 0.25) is 0 Å². The van der Waals surface area contributed by atoms with Crippen molar-refractivity contribution in [2.24, 2.45) is 5.92 Å². The molecule has 3 rings (SSSR count). The monoisotopic (exact) mass is 401 g/mol. The molecule has 3 amide bonds. The molecule has 1 aromatic rings. The van der Waals surface area contributed by atoms with Crippen molar-refractivity contribution in [3.63, 3.8) is 0 Å². The molecule has 0 aromatic heterocycles. The van der Waals surface area contributed by atoms with Crippen molar-refractivity contribution >= 4 is 17.7 Å². The summed E-state index contributed by atoms with van der Waals surface area (Å²) in [6, 6.07) is 7.40. The minimum Gasteiger partial charge on any atom is -0.497 e. The van der Waals surface area contributed by atoms with Crippen LogP contribution in [0.5, 0.6) is 5.75 Å². The Morgan fingerprint density at radius 2 is 1.97 bits per heavy atom. The van der Waals surface area contributed by atoms with Gasteiger partial charge in [0.2, 0.25) is 17.7 Å². The van der Waals surface area contributed by atoms with E-state index in [0.717, 1.165) is 37.0 Å². The summed E-state index contributed by atoms with van der Waals surface area (Å²) in [5, 5.41) is 2.99. The van der Waals surface area contributed by atoms with Gasteiger partial charge in [-0.05, 0) is 30.5 Å². The number of amides is 3. The highest BCUT2D eigenvalue weighted by Gasteiger charge is 2.36. The molecule has 1 saturated heterocycles. The summed E-state index contributed by atoms with van der Waals surface area (Å²) in [5.41, 5.74) is 0.881. The molecule has 1 N–H and O–H groups in total. The van der Waals surface area contributed by atoms with Gasteiger partial charge in [-0.25, -0.2) is 0 Å². The number of hydrogen-bond acceptors (Lipinski definition) is 4. The van der Waals surface area contributed by atoms with Gasteiger partial charge in [-0.2, -0.15) is 0 Å². The third-order valence-corrected chi connectivity index (χ3v) is 6.01. The molecule has 2 fully saturated rings. The number of nitrogens with one attached hydrogen (secondary N) is 1. The van der Waals surface area contributed by atoms with Gasteiger partial charge in [-0.15, -0.1) is 0 Å². The van der Waals surface area contributed by atoms with E-state index in [-0.39, 0.29) is 36.1 Å². The minimum absolute atomic E-state index is 0.00282. The van der Waals surface area contributed by atoms with E-state index in [1.807, 2.05) is 24.3 Å². The van der Waals surface area contributed by atoms with Gasteiger partial charge in [0.25, 0.3) is 0 Å². The number of carbonyl (C=O) groups is 3. The third kappa shape index (κ3) is 5.28. The molecule has 158 valence electrons. The Hall–Kier alpha value is -2.57. The van der Waals surface area contributed by atoms with Crippen molar-refractivity contribution in [2.45, 2.75) is 45.1 Å². The van der Waals surface area contributed by atoms with E-state index in [9.17, 15) is 14.4 Å². The van der Waals surface area contributed by atoms with Crippen LogP contribution in [0.25, 0.3) is 0 Å². The first-order chi connectivity index (χ1) is 14.0. The maximum Gasteiger partial charge on any atom is 0.227 e. The second kappa shape index (κ2) is 9.76. The van der Waals surface area contributed by atoms with Crippen LogP contribution < -0.4 is 10.1 Å². The molecule has 29 heavy (non-hydrogen) atoms. The van der Waals surface area contributed by atoms with Gasteiger partial charge in [0, 0.05) is 39.1 Å². The minimum atomic E-state index is -0.147. The summed E-state index contributed by atoms with van der Waals surface area (Å²) in [6.07, 6.45) is 3.97. The number of fused-ring (bicyclic) bond motifs is 1. The smallest absolute Gasteiger partial charge is 0.227 e. The van der Waals surface area contributed by atoms with Gasteiger partial charge >= 0.3 is 0 Å². The first-order valence-electron chi connectivity index (χ1n) is 10.4. The van der Waals surface area contributed by atoms with Crippen LogP contribution in [0, 0.1) is 5.92 Å². The lowest BCUT2D eigenvalue weighted by Gasteiger charge is -2.40. The van der Waals surface area contributed by atoms with Crippen molar-refractivity contribution in [1.29, 1.82) is 0 Å². The van der Waals surface area contributed by atoms with Gasteiger partial charge in [0.1, 0.15) is 5.75 Å². The van der Waals surface area contributed by atoms with Crippen molar-refractivity contribution < 1.29 is 19.1 Å². The highest BCUT2D eigenvalue weighted by atomic mass is 16.5. The lowest BCUT2D eigenvalue weighted by molar-refractivity contribution is -0.140. The topological polar surface area (TPSA) is 79.0 Å². The molecular formula is C22H31N3O4. The summed E-state index contributed by atoms with van der Waals surface area (Å²) < 4.78 is 5.23. The summed E-state index contributed by atoms with van der Waals surface area (Å²) in [5.74, 6) is 0.525. The normalized spacial score (nSPS) is 23.0. The van der Waals surface area contributed by atoms with Crippen LogP contribution >= 0.6 is 0 Å². The van der Waals surface area contributed by atoms with Gasteiger partial charge in [0.05, 0.1) is 19.4 Å². The van der Waals surface area contributed by atoms with E-state index in [4.69, 9.17) is 4.74 Å². The second-order valence-corrected chi connectivity index (χ2v) is 7.87. The zero-order valence-corrected chi connectivity index (χ0v) is 17.4. The van der Waals surface area contributed by atoms with Gasteiger partial charge in [-0.1, -0.05) is 25.0 Å². The Morgan fingerprint density at radius 3 is 2.72 bits per heavy atom. The zero-order chi connectivity index (χ0) is 20.8. The molecule has 2 aliphatic rings. The highest BCUT2D eigenvalue weighted by Crippen LogP contribution is 2.29. The Kier molecular flexibility index (Phi) is 7.12. The van der Waals surface area contributed by atoms with Crippen molar-refractivity contribution in [1.82, 2.24) is 15.1 Å². The summed E-state index contributed by atoms with van der Waals surface area (Å²) in [6.45, 7) is 3.37. The molecule has 0 bridgehead atoms. The number of hydrogen-bond donors (Lipinski definition) is 1. The summed E-state index contributed by atoms with van der Waals surface area (Å²) in [7, 11) is 1.60. The predicted octanol–water partition coefficient (Wildman–Crippen LogP) is 1.60. The largest absolute Gasteiger partial charge is 0.497 e. The maximum atomic E-state index is 12.9. The lowest BCUT2D eigenvalue weighted by Crippen LogP contribution is -2.55. The predicted molar refractivity (Wildman–Crippen MR) is 109 cm³/mol. The highest BCUT2D eigenvalue weighted by molar-refractivity contribution is 5.82. The van der Waals surface area contributed by atoms with E-state index < -0.39 is 0 Å². The first-order valence-corrected chi connectivity index (χ1v) is 10.4. The Morgan fingerprint density at radius 1 is 1.17 bits per heavy atom. The molecule has 1 aromatic carbocycles. The summed E-state index contributed by atoms with van der Waals surface area (Å²) >= 11 is 0. The van der Waals surface area contributed by atoms with Crippen LogP contribution in [0.1, 0.15) is 38.2 Å². The molecule has 7 heteroatoms. The number of carbonyl (C=O) groups excluding carboxylic acids is 3. The van der Waals surface area contributed by atoms with E-state index in [2.05, 4.69) is 5.32 Å². The molecule has 1 heterocycles. The van der Waals surface area contributed by atoms with E-state index in [1.165, 1.54) is 0 Å². The van der Waals surface area contributed by atoms with E-state index >= 15 is 0 Å². The first kappa shape index (κ1) is 21.1. The Labute approximate surface area is 172 Å². The molecule has 2 atom stereocenters. The maximum absolute atomic E-state index is 12.9. The van der Waals surface area contributed by atoms with Crippen molar-refractivity contribution in [3.8, 4) is 5.75 Å². The standard InChI is InChI=1S/C22H31N3O4/c1-16(26)25-13-12-24(21(27)15-17-6-5-7-18(14-17)29-2)11-10-23-22(28)19-8-3-4-9-20(19)25/h5-7,14,19-20H,3-4,8-13,15H2,1-2H3,(H,23,28). The van der Waals surface area contributed by atoms with Crippen LogP contribution in [0.3, 0.4) is 0 Å². The van der Waals surface area contributed by atoms with Crippen LogP contribution in [-0.4, -0.2) is 66.9 Å². The number of ether oxygens (including phenoxy) is 1. The Bertz CT molecular complexity index is 751. The number of benzene rings is 1. The lowest BCUT2D eigenvalue weighted by atomic mass is 9.82. The van der Waals surface area contributed by atoms with Gasteiger partial charge < -0.3 is 19.9 Å². The molecule has 1 aliphatic carbocycles. The molecular weight excluding hydrogens is 370 g/mol. The number of methoxy groups -OCH3 is 1. The van der Waals surface area contributed by atoms with Crippen molar-refractivity contribution in [3.05, 3.63) is 29.8 Å². The van der Waals surface area contributed by atoms with Gasteiger partial charge in [-0.3, -0.25) is 14.4 Å². The fourth-order valence-electron chi connectivity index (χ4n) is 4.45. The summed E-state index contributed by atoms with van der Waals surface area (Å²) in [4.78, 5) is 41.5. The average Bonchev–Trinajstić information content (AvgIpc) is 2.72. The fourth-order valence-corrected chi connectivity index (χ4v) is 4.45. The van der Waals surface area contributed by atoms with Crippen LogP contribution in [-0.2, 0) is 20.8 Å². The fraction of sp³-hybridized carbons (Fsp3) is 0.591. The van der Waals surface area contributed by atoms with E-state index in [0.29, 0.717) is 26.2 Å². The number of nitrogens with zero attached hydrogens (tertiary/aromatic N) is 2. The molecule has 1 saturated carbocycles. The number of rotatable bonds is 3.